The maximum Gasteiger partial charge on any atom is 0.397 e. The zero-order valence-electron chi connectivity index (χ0n) is 13.9. The molecule has 4 heterocycles. The number of alkyl halides is 3. The van der Waals surface area contributed by atoms with Gasteiger partial charge in [-0.3, -0.25) is 4.79 Å². The molecule has 1 fully saturated rings. The highest BCUT2D eigenvalue weighted by molar-refractivity contribution is 6.05. The highest BCUT2D eigenvalue weighted by Crippen LogP contribution is 2.35. The molecule has 1 aliphatic heterocycles. The van der Waals surface area contributed by atoms with Gasteiger partial charge in [0.05, 0.1) is 11.7 Å². The number of carbonyl (C=O) groups excluding carboxylic acids is 1. The molecule has 1 saturated heterocycles. The van der Waals surface area contributed by atoms with Crippen molar-refractivity contribution in [3.05, 3.63) is 36.3 Å². The van der Waals surface area contributed by atoms with E-state index >= 15 is 0 Å². The Labute approximate surface area is 147 Å². The van der Waals surface area contributed by atoms with Gasteiger partial charge in [0.1, 0.15) is 6.42 Å². The predicted molar refractivity (Wildman–Crippen MR) is 90.6 cm³/mol. The molecule has 3 aromatic rings. The molecule has 0 aliphatic carbocycles. The van der Waals surface area contributed by atoms with Gasteiger partial charge in [-0.2, -0.15) is 13.2 Å². The number of nitrogens with one attached hydrogen (secondary N) is 1. The summed E-state index contributed by atoms with van der Waals surface area (Å²) in [6, 6.07) is 3.93. The maximum absolute atomic E-state index is 12.4. The minimum Gasteiger partial charge on any atom is -0.360 e. The second-order valence-corrected chi connectivity index (χ2v) is 6.61. The minimum atomic E-state index is -4.46. The van der Waals surface area contributed by atoms with E-state index in [0.717, 1.165) is 21.9 Å². The van der Waals surface area contributed by atoms with E-state index in [1.165, 1.54) is 4.90 Å². The SMILES string of the molecule is O=C(CC(F)(F)F)N1CCC(c2cc[nH]c3cnc4nccc4c23)CC1. The van der Waals surface area contributed by atoms with E-state index in [1.54, 1.807) is 12.4 Å². The number of amides is 1. The van der Waals surface area contributed by atoms with Crippen LogP contribution < -0.4 is 0 Å². The summed E-state index contributed by atoms with van der Waals surface area (Å²) < 4.78 is 37.3. The van der Waals surface area contributed by atoms with Gasteiger partial charge < -0.3 is 9.88 Å². The summed E-state index contributed by atoms with van der Waals surface area (Å²) in [5, 5.41) is 2.01. The van der Waals surface area contributed by atoms with Crippen LogP contribution in [0.5, 0.6) is 0 Å². The van der Waals surface area contributed by atoms with Crippen molar-refractivity contribution >= 4 is 27.8 Å². The summed E-state index contributed by atoms with van der Waals surface area (Å²) in [6.45, 7) is 0.681. The molecule has 1 N–H and O–H groups in total. The zero-order chi connectivity index (χ0) is 18.3. The Hall–Kier alpha value is -2.64. The van der Waals surface area contributed by atoms with E-state index in [9.17, 15) is 18.0 Å². The van der Waals surface area contributed by atoms with Crippen molar-refractivity contribution in [2.45, 2.75) is 31.4 Å². The zero-order valence-corrected chi connectivity index (χ0v) is 13.9. The van der Waals surface area contributed by atoms with E-state index in [0.29, 0.717) is 31.6 Å². The fourth-order valence-electron chi connectivity index (χ4n) is 3.75. The van der Waals surface area contributed by atoms with E-state index in [2.05, 4.69) is 15.0 Å². The Morgan fingerprint density at radius 3 is 2.73 bits per heavy atom. The highest BCUT2D eigenvalue weighted by Gasteiger charge is 2.35. The van der Waals surface area contributed by atoms with Crippen molar-refractivity contribution in [3.8, 4) is 0 Å². The van der Waals surface area contributed by atoms with Crippen LogP contribution in [-0.4, -0.2) is 45.0 Å². The molecule has 1 aliphatic rings. The third kappa shape index (κ3) is 3.11. The van der Waals surface area contributed by atoms with Crippen LogP contribution in [0.3, 0.4) is 0 Å². The Balaban J connectivity index is 1.58. The van der Waals surface area contributed by atoms with E-state index in [1.807, 2.05) is 18.3 Å². The average molecular weight is 362 g/mol. The molecule has 0 radical (unpaired) electrons. The van der Waals surface area contributed by atoms with Gasteiger partial charge in [0.15, 0.2) is 5.65 Å². The summed E-state index contributed by atoms with van der Waals surface area (Å²) in [5.74, 6) is -0.656. The fourth-order valence-corrected chi connectivity index (χ4v) is 3.75. The van der Waals surface area contributed by atoms with Gasteiger partial charge in [0.25, 0.3) is 0 Å². The van der Waals surface area contributed by atoms with Crippen molar-refractivity contribution in [1.82, 2.24) is 19.9 Å². The number of likely N-dealkylation sites (tertiary alicyclic amines) is 1. The van der Waals surface area contributed by atoms with Crippen molar-refractivity contribution in [3.63, 3.8) is 0 Å². The average Bonchev–Trinajstić information content (AvgIpc) is 3.09. The molecule has 5 nitrogen and oxygen atoms in total. The molecule has 0 atom stereocenters. The molecule has 0 aromatic carbocycles. The van der Waals surface area contributed by atoms with Crippen molar-refractivity contribution in [1.29, 1.82) is 0 Å². The molecule has 0 unspecified atom stereocenters. The standard InChI is InChI=1S/C18H17F3N4O/c19-18(20,21)9-15(26)25-7-3-11(4-8-25)12-1-5-22-14-10-24-17-13(16(12)14)2-6-23-17/h1-2,5-6,10-11,22H,3-4,7-9H2. The third-order valence-electron chi connectivity index (χ3n) is 4.96. The maximum atomic E-state index is 12.4. The van der Waals surface area contributed by atoms with Gasteiger partial charge in [-0.25, -0.2) is 9.97 Å². The number of halogens is 3. The van der Waals surface area contributed by atoms with E-state index in [4.69, 9.17) is 0 Å². The van der Waals surface area contributed by atoms with Gasteiger partial charge in [-0.15, -0.1) is 0 Å². The number of H-pyrrole nitrogens is 1. The van der Waals surface area contributed by atoms with Crippen LogP contribution >= 0.6 is 0 Å². The van der Waals surface area contributed by atoms with Crippen LogP contribution in [0.15, 0.2) is 30.7 Å². The van der Waals surface area contributed by atoms with Crippen LogP contribution in [0.2, 0.25) is 0 Å². The molecule has 0 saturated carbocycles. The number of pyridine rings is 2. The summed E-state index contributed by atoms with van der Waals surface area (Å²) >= 11 is 0. The normalized spacial score (nSPS) is 16.5. The number of carbonyl (C=O) groups is 1. The molecular weight excluding hydrogens is 345 g/mol. The third-order valence-corrected chi connectivity index (χ3v) is 4.96. The topological polar surface area (TPSA) is 61.9 Å². The van der Waals surface area contributed by atoms with E-state index < -0.39 is 18.5 Å². The lowest BCUT2D eigenvalue weighted by Crippen LogP contribution is -2.39. The molecule has 8 heteroatoms. The number of hydrogen-bond acceptors (Lipinski definition) is 3. The van der Waals surface area contributed by atoms with Crippen molar-refractivity contribution < 1.29 is 18.0 Å². The smallest absolute Gasteiger partial charge is 0.360 e. The molecule has 1 amide bonds. The van der Waals surface area contributed by atoms with Crippen LogP contribution in [0, 0.1) is 0 Å². The minimum absolute atomic E-state index is 0.183. The number of hydrogen-bond donors (Lipinski definition) is 1. The quantitative estimate of drug-likeness (QED) is 0.755. The first-order chi connectivity index (χ1) is 12.4. The lowest BCUT2D eigenvalue weighted by Gasteiger charge is -2.33. The van der Waals surface area contributed by atoms with Gasteiger partial charge >= 0.3 is 6.18 Å². The Morgan fingerprint density at radius 2 is 2.00 bits per heavy atom. The summed E-state index contributed by atoms with van der Waals surface area (Å²) in [4.78, 5) is 24.9. The predicted octanol–water partition coefficient (Wildman–Crippen LogP) is 3.77. The second-order valence-electron chi connectivity index (χ2n) is 6.61. The van der Waals surface area contributed by atoms with Gasteiger partial charge in [0, 0.05) is 36.3 Å². The Bertz CT molecular complexity index is 958. The first-order valence-electron chi connectivity index (χ1n) is 8.47. The number of piperidine rings is 1. The van der Waals surface area contributed by atoms with Gasteiger partial charge in [-0.05, 0) is 36.5 Å². The number of aromatic amines is 1. The van der Waals surface area contributed by atoms with Crippen LogP contribution in [0.1, 0.15) is 30.7 Å². The second kappa shape index (κ2) is 6.26. The highest BCUT2D eigenvalue weighted by atomic mass is 19.4. The van der Waals surface area contributed by atoms with Gasteiger partial charge in [-0.1, -0.05) is 0 Å². The molecule has 4 rings (SSSR count). The Morgan fingerprint density at radius 1 is 1.23 bits per heavy atom. The largest absolute Gasteiger partial charge is 0.397 e. The van der Waals surface area contributed by atoms with Crippen molar-refractivity contribution in [2.24, 2.45) is 0 Å². The number of nitrogens with zero attached hydrogens (tertiary/aromatic N) is 3. The lowest BCUT2D eigenvalue weighted by molar-refractivity contribution is -0.162. The first-order valence-corrected chi connectivity index (χ1v) is 8.47. The van der Waals surface area contributed by atoms with Crippen LogP contribution in [-0.2, 0) is 4.79 Å². The molecule has 0 spiro atoms. The summed E-state index contributed by atoms with van der Waals surface area (Å²) in [7, 11) is 0. The fraction of sp³-hybridized carbons (Fsp3) is 0.389. The summed E-state index contributed by atoms with van der Waals surface area (Å²) in [5.41, 5.74) is 2.71. The number of fused-ring (bicyclic) bond motifs is 3. The molecular formula is C18H17F3N4O. The first kappa shape index (κ1) is 16.8. The van der Waals surface area contributed by atoms with Gasteiger partial charge in [0.2, 0.25) is 5.91 Å². The molecule has 136 valence electrons. The van der Waals surface area contributed by atoms with E-state index in [-0.39, 0.29) is 5.92 Å². The van der Waals surface area contributed by atoms with Crippen LogP contribution in [0.25, 0.3) is 21.9 Å². The monoisotopic (exact) mass is 362 g/mol. The van der Waals surface area contributed by atoms with Crippen molar-refractivity contribution in [2.75, 3.05) is 13.1 Å². The van der Waals surface area contributed by atoms with Crippen LogP contribution in [0.4, 0.5) is 13.2 Å². The number of rotatable bonds is 2. The Kier molecular flexibility index (Phi) is 4.05. The molecule has 26 heavy (non-hydrogen) atoms. The lowest BCUT2D eigenvalue weighted by atomic mass is 9.87. The number of aromatic nitrogens is 3. The molecule has 3 aromatic heterocycles. The summed E-state index contributed by atoms with van der Waals surface area (Å²) in [6.07, 6.45) is 0.752. The molecule has 0 bridgehead atoms.